The Bertz CT molecular complexity index is 426. The molecule has 0 saturated carbocycles. The van der Waals surface area contributed by atoms with E-state index in [1.165, 1.54) is 19.2 Å². The number of carboxylic acids is 1. The number of nitrogens with two attached hydrogens (primary N) is 1. The molecule has 0 aliphatic rings. The Hall–Kier alpha value is -1.82. The highest BCUT2D eigenvalue weighted by atomic mass is 19.1. The molecule has 0 fully saturated rings. The van der Waals surface area contributed by atoms with Crippen molar-refractivity contribution in [3.63, 3.8) is 0 Å². The summed E-state index contributed by atoms with van der Waals surface area (Å²) >= 11 is 0. The third kappa shape index (κ3) is 3.89. The second-order valence-corrected chi connectivity index (χ2v) is 4.06. The van der Waals surface area contributed by atoms with Gasteiger partial charge in [0.25, 0.3) is 0 Å². The minimum Gasteiger partial charge on any atom is -0.494 e. The van der Waals surface area contributed by atoms with Crippen LogP contribution in [-0.2, 0) is 4.79 Å². The van der Waals surface area contributed by atoms with E-state index in [4.69, 9.17) is 15.6 Å². The highest BCUT2D eigenvalue weighted by Crippen LogP contribution is 2.22. The van der Waals surface area contributed by atoms with Gasteiger partial charge in [-0.2, -0.15) is 0 Å². The largest absolute Gasteiger partial charge is 0.494 e. The normalized spacial score (nSPS) is 12.0. The number of carboxylic acid groups (broad SMARTS) is 1. The first-order valence-electron chi connectivity index (χ1n) is 5.46. The van der Waals surface area contributed by atoms with Crippen LogP contribution in [0.4, 0.5) is 10.1 Å². The van der Waals surface area contributed by atoms with E-state index in [9.17, 15) is 9.18 Å². The van der Waals surface area contributed by atoms with Gasteiger partial charge in [0.1, 0.15) is 0 Å². The van der Waals surface area contributed by atoms with Crippen molar-refractivity contribution in [3.05, 3.63) is 24.0 Å². The molecule has 3 N–H and O–H groups in total. The number of hydrogen-bond acceptors (Lipinski definition) is 4. The average molecular weight is 256 g/mol. The van der Waals surface area contributed by atoms with Crippen LogP contribution in [-0.4, -0.2) is 37.8 Å². The first-order chi connectivity index (χ1) is 8.43. The predicted octanol–water partition coefficient (Wildman–Crippen LogP) is 1.07. The second kappa shape index (κ2) is 6.20. The van der Waals surface area contributed by atoms with E-state index >= 15 is 0 Å². The lowest BCUT2D eigenvalue weighted by Gasteiger charge is -2.22. The van der Waals surface area contributed by atoms with Gasteiger partial charge in [-0.15, -0.1) is 0 Å². The van der Waals surface area contributed by atoms with Crippen LogP contribution < -0.4 is 15.4 Å². The summed E-state index contributed by atoms with van der Waals surface area (Å²) in [5.41, 5.74) is 6.29. The molecule has 0 spiro atoms. The zero-order valence-corrected chi connectivity index (χ0v) is 10.4. The number of likely N-dealkylation sites (N-methyl/N-ethyl adjacent to an activating group) is 1. The minimum atomic E-state index is -0.947. The minimum absolute atomic E-state index is 0.122. The van der Waals surface area contributed by atoms with E-state index in [-0.39, 0.29) is 12.2 Å². The predicted molar refractivity (Wildman–Crippen MR) is 66.5 cm³/mol. The summed E-state index contributed by atoms with van der Waals surface area (Å²) in [6, 6.07) is 4.03. The molecule has 0 heterocycles. The Labute approximate surface area is 105 Å². The van der Waals surface area contributed by atoms with Crippen LogP contribution in [0, 0.1) is 5.82 Å². The van der Waals surface area contributed by atoms with Crippen molar-refractivity contribution in [1.82, 2.24) is 0 Å². The molecule has 6 heteroatoms. The molecule has 5 nitrogen and oxygen atoms in total. The van der Waals surface area contributed by atoms with Crippen molar-refractivity contribution in [2.24, 2.45) is 5.73 Å². The molecule has 1 unspecified atom stereocenters. The van der Waals surface area contributed by atoms with E-state index in [1.54, 1.807) is 18.0 Å². The Morgan fingerprint density at radius 3 is 2.78 bits per heavy atom. The Balaban J connectivity index is 2.69. The molecule has 0 aliphatic heterocycles. The first kappa shape index (κ1) is 14.2. The zero-order chi connectivity index (χ0) is 13.7. The van der Waals surface area contributed by atoms with Crippen LogP contribution in [0.25, 0.3) is 0 Å². The van der Waals surface area contributed by atoms with Crippen LogP contribution in [0.3, 0.4) is 0 Å². The maximum absolute atomic E-state index is 13.5. The number of aliphatic carboxylic acids is 1. The number of carbonyl (C=O) groups is 1. The van der Waals surface area contributed by atoms with Crippen molar-refractivity contribution in [1.29, 1.82) is 0 Å². The number of methoxy groups -OCH3 is 1. The first-order valence-corrected chi connectivity index (χ1v) is 5.46. The maximum Gasteiger partial charge on any atom is 0.304 e. The topological polar surface area (TPSA) is 75.8 Å². The van der Waals surface area contributed by atoms with Gasteiger partial charge in [-0.25, -0.2) is 4.39 Å². The van der Waals surface area contributed by atoms with Gasteiger partial charge in [-0.05, 0) is 12.1 Å². The van der Waals surface area contributed by atoms with E-state index < -0.39 is 17.8 Å². The van der Waals surface area contributed by atoms with Gasteiger partial charge in [-0.1, -0.05) is 0 Å². The summed E-state index contributed by atoms with van der Waals surface area (Å²) in [5, 5.41) is 8.60. The summed E-state index contributed by atoms with van der Waals surface area (Å²) in [6.45, 7) is 0.331. The molecule has 0 bridgehead atoms. The summed E-state index contributed by atoms with van der Waals surface area (Å²) in [4.78, 5) is 12.2. The highest BCUT2D eigenvalue weighted by Gasteiger charge is 2.12. The third-order valence-electron chi connectivity index (χ3n) is 2.52. The van der Waals surface area contributed by atoms with E-state index in [0.29, 0.717) is 12.2 Å². The molecular formula is C12H17FN2O3. The van der Waals surface area contributed by atoms with Crippen LogP contribution in [0.15, 0.2) is 18.2 Å². The van der Waals surface area contributed by atoms with Crippen LogP contribution >= 0.6 is 0 Å². The van der Waals surface area contributed by atoms with Gasteiger partial charge in [0.2, 0.25) is 0 Å². The molecule has 100 valence electrons. The molecule has 1 aromatic rings. The molecule has 1 atom stereocenters. The van der Waals surface area contributed by atoms with E-state index in [0.717, 1.165) is 0 Å². The Kier molecular flexibility index (Phi) is 4.91. The number of anilines is 1. The van der Waals surface area contributed by atoms with Crippen molar-refractivity contribution in [3.8, 4) is 5.75 Å². The number of rotatable bonds is 6. The summed E-state index contributed by atoms with van der Waals surface area (Å²) in [5.74, 6) is -1.24. The standard InChI is InChI=1S/C12H17FN2O3/c1-15(7-8(14)5-12(16)17)9-3-4-11(18-2)10(13)6-9/h3-4,6,8H,5,7,14H2,1-2H3,(H,16,17). The van der Waals surface area contributed by atoms with Gasteiger partial charge in [0.05, 0.1) is 13.5 Å². The molecule has 0 radical (unpaired) electrons. The van der Waals surface area contributed by atoms with Crippen molar-refractivity contribution in [2.75, 3.05) is 25.6 Å². The fourth-order valence-corrected chi connectivity index (χ4v) is 1.64. The molecule has 1 aromatic carbocycles. The Morgan fingerprint density at radius 1 is 1.61 bits per heavy atom. The maximum atomic E-state index is 13.5. The van der Waals surface area contributed by atoms with Crippen LogP contribution in [0.1, 0.15) is 6.42 Å². The molecule has 0 aliphatic carbocycles. The van der Waals surface area contributed by atoms with Crippen molar-refractivity contribution < 1.29 is 19.0 Å². The molecular weight excluding hydrogens is 239 g/mol. The number of ether oxygens (including phenoxy) is 1. The monoisotopic (exact) mass is 256 g/mol. The van der Waals surface area contributed by atoms with Crippen molar-refractivity contribution >= 4 is 11.7 Å². The lowest BCUT2D eigenvalue weighted by molar-refractivity contribution is -0.137. The van der Waals surface area contributed by atoms with Crippen LogP contribution in [0.5, 0.6) is 5.75 Å². The summed E-state index contributed by atoms with van der Waals surface area (Å²) in [6.07, 6.45) is -0.122. The molecule has 18 heavy (non-hydrogen) atoms. The highest BCUT2D eigenvalue weighted by molar-refractivity contribution is 5.67. The Morgan fingerprint density at radius 2 is 2.28 bits per heavy atom. The molecule has 1 rings (SSSR count). The van der Waals surface area contributed by atoms with Gasteiger partial charge in [0.15, 0.2) is 11.6 Å². The molecule has 0 saturated heterocycles. The van der Waals surface area contributed by atoms with E-state index in [2.05, 4.69) is 0 Å². The number of benzene rings is 1. The average Bonchev–Trinajstić information content (AvgIpc) is 2.27. The SMILES string of the molecule is COc1ccc(N(C)CC(N)CC(=O)O)cc1F. The summed E-state index contributed by atoms with van der Waals surface area (Å²) < 4.78 is 18.3. The van der Waals surface area contributed by atoms with Gasteiger partial charge >= 0.3 is 5.97 Å². The lowest BCUT2D eigenvalue weighted by atomic mass is 10.2. The van der Waals surface area contributed by atoms with Crippen molar-refractivity contribution in [2.45, 2.75) is 12.5 Å². The molecule has 0 aromatic heterocycles. The lowest BCUT2D eigenvalue weighted by Crippen LogP contribution is -2.36. The van der Waals surface area contributed by atoms with Gasteiger partial charge in [0, 0.05) is 31.4 Å². The quantitative estimate of drug-likeness (QED) is 0.796. The van der Waals surface area contributed by atoms with Gasteiger partial charge < -0.3 is 20.5 Å². The summed E-state index contributed by atoms with van der Waals surface area (Å²) in [7, 11) is 3.12. The number of hydrogen-bond donors (Lipinski definition) is 2. The number of halogens is 1. The molecule has 0 amide bonds. The fraction of sp³-hybridized carbons (Fsp3) is 0.417. The zero-order valence-electron chi connectivity index (χ0n) is 10.4. The number of nitrogens with zero attached hydrogens (tertiary/aromatic N) is 1. The van der Waals surface area contributed by atoms with Gasteiger partial charge in [-0.3, -0.25) is 4.79 Å². The smallest absolute Gasteiger partial charge is 0.304 e. The second-order valence-electron chi connectivity index (χ2n) is 4.06. The fourth-order valence-electron chi connectivity index (χ4n) is 1.64. The third-order valence-corrected chi connectivity index (χ3v) is 2.52. The van der Waals surface area contributed by atoms with E-state index in [1.807, 2.05) is 0 Å². The van der Waals surface area contributed by atoms with Crippen LogP contribution in [0.2, 0.25) is 0 Å².